The fourth-order valence-corrected chi connectivity index (χ4v) is 4.04. The smallest absolute Gasteiger partial charge is 0.338 e. The molecule has 8 nitrogen and oxygen atoms in total. The topological polar surface area (TPSA) is 103 Å². The molecule has 1 fully saturated rings. The second kappa shape index (κ2) is 15.8. The number of unbranched alkanes of at least 4 members (excludes halogenated alkanes) is 2. The molecule has 2 rings (SSSR count). The molecule has 2 N–H and O–H groups in total. The highest BCUT2D eigenvalue weighted by Gasteiger charge is 2.27. The maximum atomic E-state index is 12.8. The number of nitrogens with one attached hydrogen (secondary N) is 1. The highest BCUT2D eigenvalue weighted by molar-refractivity contribution is 5.92. The first-order valence-electron chi connectivity index (χ1n) is 13.8. The summed E-state index contributed by atoms with van der Waals surface area (Å²) in [5.74, 6) is 0.495. The molecule has 0 heterocycles. The zero-order valence-corrected chi connectivity index (χ0v) is 23.4. The van der Waals surface area contributed by atoms with Crippen molar-refractivity contribution in [1.29, 1.82) is 0 Å². The molecule has 0 spiro atoms. The highest BCUT2D eigenvalue weighted by Crippen LogP contribution is 2.32. The van der Waals surface area contributed by atoms with E-state index < -0.39 is 17.6 Å². The lowest BCUT2D eigenvalue weighted by atomic mass is 10.1. The standard InChI is InChI=1S/C29H47NO7/c1-6-8-14-34-25-16-21(3)24(17-26(25)35-15-9-7-2)28(33)36-19-23(31)18-30-29(4,5)20-37-27(32)22-12-10-11-13-22/h16-17,22-23,30-31H,6-15,18-20H2,1-5H3/t23-/m0/s1. The third-order valence-corrected chi connectivity index (χ3v) is 6.51. The van der Waals surface area contributed by atoms with Gasteiger partial charge in [-0.2, -0.15) is 0 Å². The van der Waals surface area contributed by atoms with E-state index in [-0.39, 0.29) is 31.6 Å². The second-order valence-electron chi connectivity index (χ2n) is 10.6. The van der Waals surface area contributed by atoms with Crippen LogP contribution < -0.4 is 14.8 Å². The van der Waals surface area contributed by atoms with Crippen LogP contribution in [0.1, 0.15) is 95.0 Å². The molecule has 0 bridgehead atoms. The maximum Gasteiger partial charge on any atom is 0.338 e. The average Bonchev–Trinajstić information content (AvgIpc) is 3.41. The van der Waals surface area contributed by atoms with Crippen LogP contribution in [0.5, 0.6) is 11.5 Å². The van der Waals surface area contributed by atoms with E-state index in [0.717, 1.165) is 56.9 Å². The van der Waals surface area contributed by atoms with E-state index in [2.05, 4.69) is 19.2 Å². The SMILES string of the molecule is CCCCOc1cc(C)c(C(=O)OC[C@@H](O)CNC(C)(C)COC(=O)C2CCCC2)cc1OCCCC. The number of hydrogen-bond acceptors (Lipinski definition) is 8. The number of β-amino-alcohol motifs (C(OH)–C–C–N with tert-alkyl or cyclic N) is 1. The third-order valence-electron chi connectivity index (χ3n) is 6.51. The van der Waals surface area contributed by atoms with Gasteiger partial charge in [-0.1, -0.05) is 39.5 Å². The molecule has 1 aromatic carbocycles. The zero-order valence-electron chi connectivity index (χ0n) is 23.4. The molecule has 0 aromatic heterocycles. The van der Waals surface area contributed by atoms with Gasteiger partial charge in [-0.15, -0.1) is 0 Å². The van der Waals surface area contributed by atoms with Crippen LogP contribution in [-0.2, 0) is 14.3 Å². The number of hydrogen-bond donors (Lipinski definition) is 2. The average molecular weight is 522 g/mol. The highest BCUT2D eigenvalue weighted by atomic mass is 16.5. The number of ether oxygens (including phenoxy) is 4. The number of aliphatic hydroxyl groups excluding tert-OH is 1. The molecular formula is C29H47NO7. The van der Waals surface area contributed by atoms with E-state index in [1.165, 1.54) is 0 Å². The van der Waals surface area contributed by atoms with Crippen molar-refractivity contribution in [3.8, 4) is 11.5 Å². The summed E-state index contributed by atoms with van der Waals surface area (Å²) in [6.45, 7) is 11.2. The van der Waals surface area contributed by atoms with Gasteiger partial charge >= 0.3 is 11.9 Å². The van der Waals surface area contributed by atoms with E-state index >= 15 is 0 Å². The first-order valence-corrected chi connectivity index (χ1v) is 13.8. The van der Waals surface area contributed by atoms with Crippen molar-refractivity contribution in [2.45, 2.75) is 97.6 Å². The summed E-state index contributed by atoms with van der Waals surface area (Å²) >= 11 is 0. The van der Waals surface area contributed by atoms with Gasteiger partial charge in [0.05, 0.1) is 24.7 Å². The van der Waals surface area contributed by atoms with Crippen LogP contribution in [-0.4, -0.2) is 61.7 Å². The number of aryl methyl sites for hydroxylation is 1. The summed E-state index contributed by atoms with van der Waals surface area (Å²) in [6.07, 6.45) is 6.90. The van der Waals surface area contributed by atoms with Crippen LogP contribution in [0.4, 0.5) is 0 Å². The monoisotopic (exact) mass is 521 g/mol. The summed E-state index contributed by atoms with van der Waals surface area (Å²) in [4.78, 5) is 25.0. The van der Waals surface area contributed by atoms with Gasteiger partial charge in [0.15, 0.2) is 11.5 Å². The minimum absolute atomic E-state index is 0.0128. The summed E-state index contributed by atoms with van der Waals surface area (Å²) in [5.41, 5.74) is 0.583. The zero-order chi connectivity index (χ0) is 27.3. The van der Waals surface area contributed by atoms with Gasteiger partial charge in [-0.05, 0) is 64.2 Å². The summed E-state index contributed by atoms with van der Waals surface area (Å²) < 4.78 is 22.7. The molecule has 8 heteroatoms. The van der Waals surface area contributed by atoms with Crippen molar-refractivity contribution < 1.29 is 33.6 Å². The van der Waals surface area contributed by atoms with Crippen molar-refractivity contribution in [3.05, 3.63) is 23.3 Å². The van der Waals surface area contributed by atoms with Gasteiger partial charge in [0, 0.05) is 12.1 Å². The Bertz CT molecular complexity index is 849. The lowest BCUT2D eigenvalue weighted by molar-refractivity contribution is -0.150. The predicted octanol–water partition coefficient (Wildman–Crippen LogP) is 4.97. The molecule has 1 aliphatic carbocycles. The molecule has 210 valence electrons. The molecule has 0 unspecified atom stereocenters. The van der Waals surface area contributed by atoms with Gasteiger partial charge in [0.25, 0.3) is 0 Å². The number of rotatable bonds is 17. The normalized spacial score (nSPS) is 14.9. The fraction of sp³-hybridized carbons (Fsp3) is 0.724. The van der Waals surface area contributed by atoms with Crippen molar-refractivity contribution >= 4 is 11.9 Å². The second-order valence-corrected chi connectivity index (χ2v) is 10.6. The quantitative estimate of drug-likeness (QED) is 0.219. The van der Waals surface area contributed by atoms with E-state index in [1.807, 2.05) is 20.8 Å². The lowest BCUT2D eigenvalue weighted by Crippen LogP contribution is -2.48. The number of benzene rings is 1. The minimum Gasteiger partial charge on any atom is -0.490 e. The summed E-state index contributed by atoms with van der Waals surface area (Å²) in [7, 11) is 0. The Morgan fingerprint density at radius 1 is 1.03 bits per heavy atom. The summed E-state index contributed by atoms with van der Waals surface area (Å²) in [5, 5.41) is 13.6. The van der Waals surface area contributed by atoms with Crippen molar-refractivity contribution in [1.82, 2.24) is 5.32 Å². The molecule has 0 radical (unpaired) electrons. The van der Waals surface area contributed by atoms with Crippen molar-refractivity contribution in [2.24, 2.45) is 5.92 Å². The van der Waals surface area contributed by atoms with Crippen LogP contribution >= 0.6 is 0 Å². The van der Waals surface area contributed by atoms with Crippen LogP contribution in [0.25, 0.3) is 0 Å². The lowest BCUT2D eigenvalue weighted by Gasteiger charge is -2.27. The first kappa shape index (κ1) is 30.9. The Balaban J connectivity index is 1.87. The van der Waals surface area contributed by atoms with Crippen LogP contribution in [0.3, 0.4) is 0 Å². The third kappa shape index (κ3) is 10.9. The molecule has 1 atom stereocenters. The predicted molar refractivity (Wildman–Crippen MR) is 143 cm³/mol. The Kier molecular flexibility index (Phi) is 13.2. The molecular weight excluding hydrogens is 474 g/mol. The Morgan fingerprint density at radius 2 is 1.62 bits per heavy atom. The molecule has 37 heavy (non-hydrogen) atoms. The van der Waals surface area contributed by atoms with Gasteiger partial charge in [0.2, 0.25) is 0 Å². The largest absolute Gasteiger partial charge is 0.490 e. The van der Waals surface area contributed by atoms with Gasteiger partial charge in [-0.3, -0.25) is 4.79 Å². The minimum atomic E-state index is -0.911. The maximum absolute atomic E-state index is 12.8. The molecule has 1 saturated carbocycles. The Hall–Kier alpha value is -2.32. The number of carbonyl (C=O) groups is 2. The number of aliphatic hydroxyl groups is 1. The van der Waals surface area contributed by atoms with Gasteiger partial charge in [0.1, 0.15) is 19.3 Å². The van der Waals surface area contributed by atoms with E-state index in [4.69, 9.17) is 18.9 Å². The molecule has 0 aliphatic heterocycles. The fourth-order valence-electron chi connectivity index (χ4n) is 4.04. The van der Waals surface area contributed by atoms with Crippen molar-refractivity contribution in [3.63, 3.8) is 0 Å². The van der Waals surface area contributed by atoms with E-state index in [1.54, 1.807) is 12.1 Å². The number of esters is 2. The molecule has 0 amide bonds. The molecule has 1 aliphatic rings. The van der Waals surface area contributed by atoms with Gasteiger partial charge in [-0.25, -0.2) is 4.79 Å². The first-order chi connectivity index (χ1) is 17.7. The van der Waals surface area contributed by atoms with Crippen LogP contribution in [0.15, 0.2) is 12.1 Å². The van der Waals surface area contributed by atoms with Crippen LogP contribution in [0, 0.1) is 12.8 Å². The van der Waals surface area contributed by atoms with Crippen molar-refractivity contribution in [2.75, 3.05) is 33.0 Å². The van der Waals surface area contributed by atoms with Gasteiger partial charge < -0.3 is 29.4 Å². The number of carbonyl (C=O) groups excluding carboxylic acids is 2. The van der Waals surface area contributed by atoms with E-state index in [9.17, 15) is 14.7 Å². The van der Waals surface area contributed by atoms with Crippen LogP contribution in [0.2, 0.25) is 0 Å². The molecule has 1 aromatic rings. The Labute approximate surface area is 222 Å². The van der Waals surface area contributed by atoms with E-state index in [0.29, 0.717) is 30.3 Å². The summed E-state index contributed by atoms with van der Waals surface area (Å²) in [6, 6.07) is 3.47. The Morgan fingerprint density at radius 3 is 2.22 bits per heavy atom. The molecule has 0 saturated heterocycles.